The second-order valence-corrected chi connectivity index (χ2v) is 10.9. The Morgan fingerprint density at radius 3 is 1.03 bits per heavy atom. The van der Waals surface area contributed by atoms with Crippen molar-refractivity contribution in [3.63, 3.8) is 0 Å². The van der Waals surface area contributed by atoms with E-state index in [0.29, 0.717) is 0 Å². The fourth-order valence-corrected chi connectivity index (χ4v) is 4.27. The maximum absolute atomic E-state index is 12.8. The average Bonchev–Trinajstić information content (AvgIpc) is 2.80. The van der Waals surface area contributed by atoms with Gasteiger partial charge in [-0.15, -0.1) is 0 Å². The molecule has 0 radical (unpaired) electrons. The highest BCUT2D eigenvalue weighted by Crippen LogP contribution is 2.20. The molecule has 1 saturated heterocycles. The first-order valence-corrected chi connectivity index (χ1v) is 12.9. The molecular formula is C25H44N4O9. The molecule has 4 unspecified atom stereocenters. The van der Waals surface area contributed by atoms with Gasteiger partial charge in [0.15, 0.2) is 0 Å². The van der Waals surface area contributed by atoms with Crippen LogP contribution < -0.4 is 0 Å². The highest BCUT2D eigenvalue weighted by Gasteiger charge is 2.35. The van der Waals surface area contributed by atoms with Crippen molar-refractivity contribution in [3.05, 3.63) is 0 Å². The fourth-order valence-electron chi connectivity index (χ4n) is 4.27. The number of Topliss-reactive ketones (excluding diaryl/α,β-unsaturated/α-hetero) is 1. The first kappa shape index (κ1) is 33.4. The van der Waals surface area contributed by atoms with Crippen molar-refractivity contribution in [2.24, 2.45) is 5.41 Å². The van der Waals surface area contributed by atoms with Gasteiger partial charge >= 0.3 is 23.9 Å². The Balaban J connectivity index is 3.40. The molecule has 1 fully saturated rings. The summed E-state index contributed by atoms with van der Waals surface area (Å²) in [6, 6.07) is -3.87. The molecule has 218 valence electrons. The second-order valence-electron chi connectivity index (χ2n) is 10.9. The van der Waals surface area contributed by atoms with E-state index >= 15 is 0 Å². The predicted molar refractivity (Wildman–Crippen MR) is 138 cm³/mol. The van der Waals surface area contributed by atoms with Crippen molar-refractivity contribution in [3.8, 4) is 0 Å². The van der Waals surface area contributed by atoms with Gasteiger partial charge in [0, 0.05) is 64.2 Å². The van der Waals surface area contributed by atoms with Crippen molar-refractivity contribution in [1.29, 1.82) is 0 Å². The summed E-state index contributed by atoms with van der Waals surface area (Å²) in [6.45, 7) is 11.1. The van der Waals surface area contributed by atoms with Gasteiger partial charge in [-0.05, 0) is 20.8 Å². The highest BCUT2D eigenvalue weighted by atomic mass is 16.4. The Hall–Kier alpha value is -2.61. The first-order chi connectivity index (χ1) is 17.5. The highest BCUT2D eigenvalue weighted by molar-refractivity contribution is 5.89. The smallest absolute Gasteiger partial charge is 0.321 e. The molecule has 1 heterocycles. The number of rotatable bonds is 10. The maximum Gasteiger partial charge on any atom is 0.321 e. The SMILES string of the molecule is CC(C(=O)O)N1CCN(C(C)C(=O)O)CCN(C(CC(=O)C(C)(C)C)C(=O)O)CCN(C(C)C(=O)O)CC1. The molecule has 0 aromatic heterocycles. The van der Waals surface area contributed by atoms with Crippen LogP contribution in [0.3, 0.4) is 0 Å². The molecule has 1 aliphatic rings. The number of nitrogens with zero attached hydrogens (tertiary/aromatic N) is 4. The van der Waals surface area contributed by atoms with Crippen LogP contribution in [0.4, 0.5) is 0 Å². The fraction of sp³-hybridized carbons (Fsp3) is 0.800. The Bertz CT molecular complexity index is 824. The maximum atomic E-state index is 12.8. The summed E-state index contributed by atoms with van der Waals surface area (Å²) < 4.78 is 0. The molecule has 0 saturated carbocycles. The van der Waals surface area contributed by atoms with E-state index in [2.05, 4.69) is 0 Å². The predicted octanol–water partition coefficient (Wildman–Crippen LogP) is 0.0858. The van der Waals surface area contributed by atoms with Gasteiger partial charge < -0.3 is 20.4 Å². The summed E-state index contributed by atoms with van der Waals surface area (Å²) in [5, 5.41) is 38.9. The summed E-state index contributed by atoms with van der Waals surface area (Å²) in [5.41, 5.74) is -0.752. The number of carbonyl (C=O) groups excluding carboxylic acids is 1. The van der Waals surface area contributed by atoms with Crippen molar-refractivity contribution in [1.82, 2.24) is 19.6 Å². The molecule has 13 heteroatoms. The largest absolute Gasteiger partial charge is 0.480 e. The Kier molecular flexibility index (Phi) is 12.8. The summed E-state index contributed by atoms with van der Waals surface area (Å²) in [6.07, 6.45) is -0.244. The molecule has 0 spiro atoms. The van der Waals surface area contributed by atoms with E-state index in [1.807, 2.05) is 0 Å². The van der Waals surface area contributed by atoms with E-state index in [1.54, 1.807) is 40.4 Å². The lowest BCUT2D eigenvalue weighted by Gasteiger charge is -2.38. The van der Waals surface area contributed by atoms with E-state index < -0.39 is 53.5 Å². The number of hydrogen-bond acceptors (Lipinski definition) is 9. The summed E-state index contributed by atoms with van der Waals surface area (Å²) >= 11 is 0. The molecule has 0 bridgehead atoms. The van der Waals surface area contributed by atoms with E-state index in [-0.39, 0.29) is 64.6 Å². The van der Waals surface area contributed by atoms with Gasteiger partial charge in [-0.3, -0.25) is 43.6 Å². The molecule has 4 atom stereocenters. The van der Waals surface area contributed by atoms with Crippen LogP contribution in [0.25, 0.3) is 0 Å². The molecular weight excluding hydrogens is 500 g/mol. The van der Waals surface area contributed by atoms with Crippen molar-refractivity contribution >= 4 is 29.7 Å². The molecule has 0 amide bonds. The van der Waals surface area contributed by atoms with Crippen LogP contribution in [0.5, 0.6) is 0 Å². The van der Waals surface area contributed by atoms with Crippen LogP contribution in [0.1, 0.15) is 48.0 Å². The van der Waals surface area contributed by atoms with Gasteiger partial charge in [-0.25, -0.2) is 0 Å². The van der Waals surface area contributed by atoms with Crippen LogP contribution in [0, 0.1) is 5.41 Å². The van der Waals surface area contributed by atoms with Crippen molar-refractivity contribution in [2.45, 2.75) is 72.1 Å². The summed E-state index contributed by atoms with van der Waals surface area (Å²) in [4.78, 5) is 66.9. The van der Waals surface area contributed by atoms with Crippen LogP contribution in [-0.4, -0.2) is 146 Å². The minimum absolute atomic E-state index is 0.121. The average molecular weight is 545 g/mol. The summed E-state index contributed by atoms with van der Waals surface area (Å²) in [5.74, 6) is -4.61. The topological polar surface area (TPSA) is 179 Å². The van der Waals surface area contributed by atoms with Crippen LogP contribution >= 0.6 is 0 Å². The third-order valence-corrected chi connectivity index (χ3v) is 7.35. The Labute approximate surface area is 224 Å². The molecule has 0 aromatic carbocycles. The summed E-state index contributed by atoms with van der Waals surface area (Å²) in [7, 11) is 0. The lowest BCUT2D eigenvalue weighted by atomic mass is 9.86. The Morgan fingerprint density at radius 2 is 0.816 bits per heavy atom. The minimum atomic E-state index is -1.19. The Morgan fingerprint density at radius 1 is 0.553 bits per heavy atom. The number of carbonyl (C=O) groups is 5. The third-order valence-electron chi connectivity index (χ3n) is 7.35. The van der Waals surface area contributed by atoms with Crippen molar-refractivity contribution in [2.75, 3.05) is 52.4 Å². The van der Waals surface area contributed by atoms with E-state index in [1.165, 1.54) is 20.8 Å². The van der Waals surface area contributed by atoms with Gasteiger partial charge in [-0.2, -0.15) is 0 Å². The zero-order chi connectivity index (χ0) is 29.4. The monoisotopic (exact) mass is 544 g/mol. The third kappa shape index (κ3) is 9.93. The lowest BCUT2D eigenvalue weighted by molar-refractivity contribution is -0.148. The van der Waals surface area contributed by atoms with Gasteiger partial charge in [0.25, 0.3) is 0 Å². The molecule has 1 rings (SSSR count). The first-order valence-electron chi connectivity index (χ1n) is 12.9. The quantitative estimate of drug-likeness (QED) is 0.291. The molecule has 13 nitrogen and oxygen atoms in total. The number of hydrogen-bond donors (Lipinski definition) is 4. The standard InChI is InChI=1S/C25H44N4O9/c1-16(21(31)32)26-7-9-27(17(2)22(33)34)11-13-29(14-12-28(10-8-26)18(3)23(35)36)19(24(37)38)15-20(30)25(4,5)6/h16-19H,7-15H2,1-6H3,(H,31,32)(H,33,34)(H,35,36)(H,37,38). The van der Waals surface area contributed by atoms with Crippen molar-refractivity contribution < 1.29 is 44.4 Å². The van der Waals surface area contributed by atoms with Crippen LogP contribution in [-0.2, 0) is 24.0 Å². The number of carboxylic acid groups (broad SMARTS) is 4. The molecule has 1 aliphatic heterocycles. The molecule has 0 aromatic rings. The number of ketones is 1. The number of aliphatic carboxylic acids is 4. The molecule has 4 N–H and O–H groups in total. The zero-order valence-electron chi connectivity index (χ0n) is 23.3. The molecule has 0 aliphatic carbocycles. The van der Waals surface area contributed by atoms with E-state index in [9.17, 15) is 44.4 Å². The van der Waals surface area contributed by atoms with Gasteiger partial charge in [-0.1, -0.05) is 20.8 Å². The normalized spacial score (nSPS) is 21.3. The van der Waals surface area contributed by atoms with Gasteiger partial charge in [0.2, 0.25) is 0 Å². The van der Waals surface area contributed by atoms with E-state index in [4.69, 9.17) is 0 Å². The number of carboxylic acids is 4. The lowest BCUT2D eigenvalue weighted by Crippen LogP contribution is -2.55. The van der Waals surface area contributed by atoms with E-state index in [0.717, 1.165) is 0 Å². The second kappa shape index (κ2) is 14.5. The minimum Gasteiger partial charge on any atom is -0.480 e. The van der Waals surface area contributed by atoms with Crippen LogP contribution in [0.2, 0.25) is 0 Å². The van der Waals surface area contributed by atoms with Crippen LogP contribution in [0.15, 0.2) is 0 Å². The van der Waals surface area contributed by atoms with Gasteiger partial charge in [0.05, 0.1) is 0 Å². The van der Waals surface area contributed by atoms with Gasteiger partial charge in [0.1, 0.15) is 30.0 Å². The zero-order valence-corrected chi connectivity index (χ0v) is 23.3. The molecule has 38 heavy (non-hydrogen) atoms.